The zero-order valence-corrected chi connectivity index (χ0v) is 5.45. The fourth-order valence-corrected chi connectivity index (χ4v) is 0. The van der Waals surface area contributed by atoms with E-state index in [4.69, 9.17) is 0 Å². The van der Waals surface area contributed by atoms with Gasteiger partial charge in [0.15, 0.2) is 5.70 Å². The van der Waals surface area contributed by atoms with Gasteiger partial charge in [-0.05, 0) is 6.26 Å². The molecule has 0 saturated heterocycles. The van der Waals surface area contributed by atoms with Crippen molar-refractivity contribution >= 4 is 40.7 Å². The van der Waals surface area contributed by atoms with Crippen molar-refractivity contribution in [3.05, 3.63) is 0 Å². The first kappa shape index (κ1) is 8.94. The first-order valence-corrected chi connectivity index (χ1v) is 2.81. The average Bonchev–Trinajstić information content (AvgIpc) is 1.50. The smallest absolute Gasteiger partial charge is 0.169 e. The van der Waals surface area contributed by atoms with Crippen LogP contribution in [-0.2, 0) is 0 Å². The van der Waals surface area contributed by atoms with Crippen molar-refractivity contribution in [2.75, 3.05) is 6.26 Å². The molecule has 0 aliphatic rings. The second-order valence-electron chi connectivity index (χ2n) is 0. The highest BCUT2D eigenvalue weighted by Crippen LogP contribution is 1.44. The van der Waals surface area contributed by atoms with E-state index in [2.05, 4.69) is 18.3 Å². The van der Waals surface area contributed by atoms with Crippen LogP contribution in [0.25, 0.3) is 0 Å². The SMILES string of the molecule is CS.[B]I. The molecule has 24 valence electrons. The predicted octanol–water partition coefficient (Wildman–Crippen LogP) is 1.05. The van der Waals surface area contributed by atoms with Crippen LogP contribution in [0.3, 0.4) is 0 Å². The molecule has 0 N–H and O–H groups in total. The molecule has 0 nitrogen and oxygen atoms in total. The van der Waals surface area contributed by atoms with E-state index in [1.54, 1.807) is 28.6 Å². The zero-order valence-electron chi connectivity index (χ0n) is 2.40. The molecular weight excluding hydrogens is 182 g/mol. The molecule has 2 radical (unpaired) electrons. The van der Waals surface area contributed by atoms with Crippen molar-refractivity contribution in [1.29, 1.82) is 0 Å². The lowest BCUT2D eigenvalue weighted by Gasteiger charge is -1.11. The van der Waals surface area contributed by atoms with Crippen LogP contribution in [-0.4, -0.2) is 12.0 Å². The maximum absolute atomic E-state index is 4.47. The van der Waals surface area contributed by atoms with Gasteiger partial charge in [0.1, 0.15) is 0 Å². The minimum atomic E-state index is 1.65. The average molecular weight is 186 g/mol. The minimum absolute atomic E-state index is 1.65. The number of hydrogen-bond donors (Lipinski definition) is 1. The Morgan fingerprint density at radius 3 is 1.50 bits per heavy atom. The molecule has 0 aliphatic heterocycles. The molecule has 0 atom stereocenters. The van der Waals surface area contributed by atoms with Gasteiger partial charge in [-0.25, -0.2) is 0 Å². The number of halogens is 1. The van der Waals surface area contributed by atoms with E-state index in [0.29, 0.717) is 0 Å². The number of thiol groups is 1. The highest BCUT2D eigenvalue weighted by molar-refractivity contribution is 14.1. The third kappa shape index (κ3) is 11.0. The molecule has 0 rings (SSSR count). The maximum Gasteiger partial charge on any atom is 0.169 e. The van der Waals surface area contributed by atoms with Crippen LogP contribution in [0.2, 0.25) is 0 Å². The first-order valence-electron chi connectivity index (χ1n) is 0.665. The molecule has 0 spiro atoms. The molecule has 0 saturated carbocycles. The topological polar surface area (TPSA) is 0 Å². The van der Waals surface area contributed by atoms with E-state index in [-0.39, 0.29) is 0 Å². The Bertz CT molecular complexity index is 8.00. The minimum Gasteiger partial charge on any atom is -0.183 e. The van der Waals surface area contributed by atoms with Crippen LogP contribution in [0.1, 0.15) is 0 Å². The Labute approximate surface area is 47.0 Å². The Morgan fingerprint density at radius 1 is 1.50 bits per heavy atom. The molecular formula is CH4BIS. The Morgan fingerprint density at radius 2 is 1.50 bits per heavy atom. The Hall–Kier alpha value is 1.14. The summed E-state index contributed by atoms with van der Waals surface area (Å²) in [6.45, 7) is 0. The van der Waals surface area contributed by atoms with Crippen LogP contribution >= 0.6 is 35.0 Å². The lowest BCUT2D eigenvalue weighted by Crippen LogP contribution is -0.931. The van der Waals surface area contributed by atoms with Gasteiger partial charge >= 0.3 is 0 Å². The molecule has 4 heavy (non-hydrogen) atoms. The van der Waals surface area contributed by atoms with E-state index < -0.39 is 0 Å². The summed E-state index contributed by atoms with van der Waals surface area (Å²) >= 11 is 5.18. The van der Waals surface area contributed by atoms with Crippen molar-refractivity contribution in [1.82, 2.24) is 0 Å². The lowest BCUT2D eigenvalue weighted by molar-refractivity contribution is 2.55. The van der Waals surface area contributed by atoms with Gasteiger partial charge in [-0.1, -0.05) is 0 Å². The van der Waals surface area contributed by atoms with E-state index >= 15 is 0 Å². The summed E-state index contributed by atoms with van der Waals surface area (Å²) < 4.78 is 0. The molecule has 3 heteroatoms. The molecule has 0 unspecified atom stereocenters. The van der Waals surface area contributed by atoms with Crippen LogP contribution < -0.4 is 0 Å². The molecule has 0 bridgehead atoms. The normalized spacial score (nSPS) is 2.75. The number of hydrogen-bond acceptors (Lipinski definition) is 1. The summed E-state index contributed by atoms with van der Waals surface area (Å²) in [6.07, 6.45) is 1.69. The lowest BCUT2D eigenvalue weighted by atomic mass is 10.8. The maximum atomic E-state index is 4.47. The van der Waals surface area contributed by atoms with Gasteiger partial charge in [0.05, 0.1) is 0 Å². The molecule has 0 heterocycles. The van der Waals surface area contributed by atoms with E-state index in [9.17, 15) is 0 Å². The third-order valence-electron chi connectivity index (χ3n) is 0. The van der Waals surface area contributed by atoms with Gasteiger partial charge < -0.3 is 0 Å². The van der Waals surface area contributed by atoms with Gasteiger partial charge in [-0.2, -0.15) is 35.0 Å². The van der Waals surface area contributed by atoms with E-state index in [1.165, 1.54) is 0 Å². The largest absolute Gasteiger partial charge is 0.183 e. The van der Waals surface area contributed by atoms with Crippen molar-refractivity contribution in [3.63, 3.8) is 0 Å². The van der Waals surface area contributed by atoms with Crippen molar-refractivity contribution in [3.8, 4) is 0 Å². The van der Waals surface area contributed by atoms with Crippen LogP contribution in [0.15, 0.2) is 0 Å². The fraction of sp³-hybridized carbons (Fsp3) is 1.00. The van der Waals surface area contributed by atoms with Gasteiger partial charge in [0.25, 0.3) is 0 Å². The van der Waals surface area contributed by atoms with Crippen molar-refractivity contribution < 1.29 is 0 Å². The second-order valence-corrected chi connectivity index (χ2v) is 0. The molecule has 0 aromatic rings. The third-order valence-corrected chi connectivity index (χ3v) is 0. The van der Waals surface area contributed by atoms with Crippen LogP contribution in [0.5, 0.6) is 0 Å². The summed E-state index contributed by atoms with van der Waals surface area (Å²) in [7, 11) is 0. The summed E-state index contributed by atoms with van der Waals surface area (Å²) in [5.41, 5.74) is 4.47. The number of rotatable bonds is 0. The van der Waals surface area contributed by atoms with E-state index in [1.807, 2.05) is 0 Å². The van der Waals surface area contributed by atoms with Gasteiger partial charge in [0, 0.05) is 0 Å². The Balaban J connectivity index is 0. The van der Waals surface area contributed by atoms with Crippen molar-refractivity contribution in [2.24, 2.45) is 0 Å². The highest BCUT2D eigenvalue weighted by Gasteiger charge is 1.01. The highest BCUT2D eigenvalue weighted by atomic mass is 127. The summed E-state index contributed by atoms with van der Waals surface area (Å²) in [4.78, 5) is 0. The predicted molar refractivity (Wildman–Crippen MR) is 34.7 cm³/mol. The summed E-state index contributed by atoms with van der Waals surface area (Å²) in [5, 5.41) is 0. The summed E-state index contributed by atoms with van der Waals surface area (Å²) in [6, 6.07) is 0. The van der Waals surface area contributed by atoms with E-state index in [0.717, 1.165) is 0 Å². The standard InChI is InChI=1S/CH4S.BI/c2*1-2/h2H,1H3;. The molecule has 0 aromatic carbocycles. The quantitative estimate of drug-likeness (QED) is 0.326. The van der Waals surface area contributed by atoms with Crippen molar-refractivity contribution in [2.45, 2.75) is 0 Å². The second kappa shape index (κ2) is 31.3. The van der Waals surface area contributed by atoms with Crippen LogP contribution in [0.4, 0.5) is 0 Å². The van der Waals surface area contributed by atoms with Gasteiger partial charge in [-0.3, -0.25) is 0 Å². The molecule has 0 aliphatic carbocycles. The monoisotopic (exact) mass is 186 g/mol. The van der Waals surface area contributed by atoms with Crippen LogP contribution in [0, 0.1) is 0 Å². The Kier molecular flexibility index (Phi) is 69.9. The zero-order chi connectivity index (χ0) is 4.00. The van der Waals surface area contributed by atoms with Gasteiger partial charge in [-0.15, -0.1) is 0 Å². The molecule has 0 aromatic heterocycles. The first-order chi connectivity index (χ1) is 2.00. The molecule has 0 fully saturated rings. The molecule has 0 amide bonds. The van der Waals surface area contributed by atoms with Gasteiger partial charge in [0.2, 0.25) is 0 Å². The fourth-order valence-electron chi connectivity index (χ4n) is 0. The summed E-state index contributed by atoms with van der Waals surface area (Å²) in [5.74, 6) is 0.